The first-order chi connectivity index (χ1) is 12.0. The standard InChI is InChI=1S/C17H18N2O5S/c1-24-17(23)14-13(7-8-25-14)19-16(22)15(21)18-12(10-20)9-11-5-3-2-4-6-11/h2-8,12,20H,9-10H2,1H3,(H,18,21)(H,19,22). The molecule has 2 amide bonds. The van der Waals surface area contributed by atoms with Gasteiger partial charge in [-0.15, -0.1) is 11.3 Å². The number of rotatable bonds is 6. The zero-order chi connectivity index (χ0) is 18.2. The van der Waals surface area contributed by atoms with Gasteiger partial charge in [0.25, 0.3) is 0 Å². The van der Waals surface area contributed by atoms with Gasteiger partial charge in [0.1, 0.15) is 4.88 Å². The van der Waals surface area contributed by atoms with Crippen LogP contribution in [0.15, 0.2) is 41.8 Å². The lowest BCUT2D eigenvalue weighted by atomic mass is 10.1. The van der Waals surface area contributed by atoms with Crippen molar-refractivity contribution in [1.82, 2.24) is 5.32 Å². The molecule has 1 aromatic heterocycles. The number of esters is 1. The number of methoxy groups -OCH3 is 1. The van der Waals surface area contributed by atoms with Crippen LogP contribution in [0.2, 0.25) is 0 Å². The Hall–Kier alpha value is -2.71. The highest BCUT2D eigenvalue weighted by Gasteiger charge is 2.21. The summed E-state index contributed by atoms with van der Waals surface area (Å²) < 4.78 is 4.61. The molecule has 3 N–H and O–H groups in total. The van der Waals surface area contributed by atoms with E-state index in [1.807, 2.05) is 30.3 Å². The Morgan fingerprint density at radius 1 is 1.16 bits per heavy atom. The van der Waals surface area contributed by atoms with E-state index in [1.165, 1.54) is 13.2 Å². The summed E-state index contributed by atoms with van der Waals surface area (Å²) in [6.07, 6.45) is 0.391. The molecule has 2 aromatic rings. The Kier molecular flexibility index (Phi) is 6.67. The molecule has 25 heavy (non-hydrogen) atoms. The highest BCUT2D eigenvalue weighted by atomic mass is 32.1. The second-order valence-electron chi connectivity index (χ2n) is 5.15. The van der Waals surface area contributed by atoms with Crippen molar-refractivity contribution in [2.24, 2.45) is 0 Å². The Balaban J connectivity index is 1.96. The Morgan fingerprint density at radius 3 is 2.52 bits per heavy atom. The molecule has 0 radical (unpaired) electrons. The van der Waals surface area contributed by atoms with E-state index in [-0.39, 0.29) is 17.2 Å². The number of ether oxygens (including phenoxy) is 1. The van der Waals surface area contributed by atoms with Gasteiger partial charge >= 0.3 is 17.8 Å². The lowest BCUT2D eigenvalue weighted by Crippen LogP contribution is -2.44. The topological polar surface area (TPSA) is 105 Å². The van der Waals surface area contributed by atoms with Gasteiger partial charge in [0.15, 0.2) is 0 Å². The van der Waals surface area contributed by atoms with E-state index in [2.05, 4.69) is 15.4 Å². The summed E-state index contributed by atoms with van der Waals surface area (Å²) in [5.41, 5.74) is 1.13. The third kappa shape index (κ3) is 5.13. The molecule has 0 fully saturated rings. The van der Waals surface area contributed by atoms with E-state index in [4.69, 9.17) is 0 Å². The van der Waals surface area contributed by atoms with Crippen molar-refractivity contribution in [3.05, 3.63) is 52.2 Å². The van der Waals surface area contributed by atoms with Crippen molar-refractivity contribution in [2.45, 2.75) is 12.5 Å². The summed E-state index contributed by atoms with van der Waals surface area (Å²) in [6, 6.07) is 10.2. The molecule has 7 nitrogen and oxygen atoms in total. The van der Waals surface area contributed by atoms with Crippen LogP contribution in [-0.4, -0.2) is 42.6 Å². The van der Waals surface area contributed by atoms with Crippen LogP contribution in [0.3, 0.4) is 0 Å². The van der Waals surface area contributed by atoms with Crippen LogP contribution < -0.4 is 10.6 Å². The number of carbonyl (C=O) groups is 3. The first-order valence-corrected chi connectivity index (χ1v) is 8.35. The summed E-state index contributed by atoms with van der Waals surface area (Å²) >= 11 is 1.10. The summed E-state index contributed by atoms with van der Waals surface area (Å²) in [4.78, 5) is 35.8. The molecule has 0 saturated heterocycles. The maximum absolute atomic E-state index is 12.0. The maximum atomic E-state index is 12.0. The van der Waals surface area contributed by atoms with Gasteiger partial charge in [0, 0.05) is 0 Å². The van der Waals surface area contributed by atoms with Gasteiger partial charge in [-0.2, -0.15) is 0 Å². The molecule has 0 aliphatic rings. The lowest BCUT2D eigenvalue weighted by molar-refractivity contribution is -0.136. The van der Waals surface area contributed by atoms with Crippen LogP contribution in [0.1, 0.15) is 15.2 Å². The van der Waals surface area contributed by atoms with Crippen LogP contribution in [-0.2, 0) is 20.7 Å². The van der Waals surface area contributed by atoms with Gasteiger partial charge in [-0.3, -0.25) is 9.59 Å². The molecule has 1 aromatic carbocycles. The van der Waals surface area contributed by atoms with Gasteiger partial charge in [0.05, 0.1) is 25.4 Å². The Labute approximate surface area is 148 Å². The summed E-state index contributed by atoms with van der Waals surface area (Å²) in [6.45, 7) is -0.306. The normalized spacial score (nSPS) is 11.4. The van der Waals surface area contributed by atoms with Crippen LogP contribution in [0.5, 0.6) is 0 Å². The second kappa shape index (κ2) is 8.95. The predicted octanol–water partition coefficient (Wildman–Crippen LogP) is 1.19. The molecule has 132 valence electrons. The average molecular weight is 362 g/mol. The quantitative estimate of drug-likeness (QED) is 0.529. The van der Waals surface area contributed by atoms with Crippen molar-refractivity contribution in [3.8, 4) is 0 Å². The molecular formula is C17H18N2O5S. The van der Waals surface area contributed by atoms with Gasteiger partial charge in [-0.25, -0.2) is 4.79 Å². The zero-order valence-electron chi connectivity index (χ0n) is 13.5. The number of thiophene rings is 1. The fourth-order valence-corrected chi connectivity index (χ4v) is 2.91. The first-order valence-electron chi connectivity index (χ1n) is 7.47. The minimum Gasteiger partial charge on any atom is -0.465 e. The average Bonchev–Trinajstić information content (AvgIpc) is 3.09. The fraction of sp³-hybridized carbons (Fsp3) is 0.235. The minimum absolute atomic E-state index is 0.201. The molecule has 0 aliphatic heterocycles. The molecule has 1 unspecified atom stereocenters. The van der Waals surface area contributed by atoms with E-state index >= 15 is 0 Å². The molecule has 1 atom stereocenters. The molecule has 1 heterocycles. The smallest absolute Gasteiger partial charge is 0.350 e. The number of nitrogens with one attached hydrogen (secondary N) is 2. The van der Waals surface area contributed by atoms with E-state index < -0.39 is 23.8 Å². The first kappa shape index (κ1) is 18.6. The highest BCUT2D eigenvalue weighted by Crippen LogP contribution is 2.22. The number of anilines is 1. The van der Waals surface area contributed by atoms with Crippen LogP contribution in [0.25, 0.3) is 0 Å². The minimum atomic E-state index is -0.921. The number of hydrogen-bond donors (Lipinski definition) is 3. The summed E-state index contributed by atoms with van der Waals surface area (Å²) in [5, 5.41) is 15.9. The Bertz CT molecular complexity index is 745. The SMILES string of the molecule is COC(=O)c1sccc1NC(=O)C(=O)NC(CO)Cc1ccccc1. The van der Waals surface area contributed by atoms with E-state index in [0.717, 1.165) is 16.9 Å². The van der Waals surface area contributed by atoms with Crippen molar-refractivity contribution in [2.75, 3.05) is 19.0 Å². The largest absolute Gasteiger partial charge is 0.465 e. The molecule has 0 bridgehead atoms. The van der Waals surface area contributed by atoms with Crippen molar-refractivity contribution in [1.29, 1.82) is 0 Å². The highest BCUT2D eigenvalue weighted by molar-refractivity contribution is 7.12. The molecule has 0 saturated carbocycles. The predicted molar refractivity (Wildman–Crippen MR) is 93.5 cm³/mol. The number of amides is 2. The number of aliphatic hydroxyl groups is 1. The Morgan fingerprint density at radius 2 is 1.88 bits per heavy atom. The van der Waals surface area contributed by atoms with Gasteiger partial charge in [-0.05, 0) is 23.4 Å². The molecule has 8 heteroatoms. The third-order valence-corrected chi connectivity index (χ3v) is 4.27. The number of carbonyl (C=O) groups excluding carboxylic acids is 3. The molecule has 2 rings (SSSR count). The molecule has 0 spiro atoms. The maximum Gasteiger partial charge on any atom is 0.350 e. The van der Waals surface area contributed by atoms with Gasteiger partial charge in [0.2, 0.25) is 0 Å². The van der Waals surface area contributed by atoms with Crippen molar-refractivity contribution < 1.29 is 24.2 Å². The second-order valence-corrected chi connectivity index (χ2v) is 6.07. The third-order valence-electron chi connectivity index (χ3n) is 3.37. The van der Waals surface area contributed by atoms with E-state index in [1.54, 1.807) is 5.38 Å². The zero-order valence-corrected chi connectivity index (χ0v) is 14.3. The molecular weight excluding hydrogens is 344 g/mol. The lowest BCUT2D eigenvalue weighted by Gasteiger charge is -2.16. The summed E-state index contributed by atoms with van der Waals surface area (Å²) in [5.74, 6) is -2.41. The van der Waals surface area contributed by atoms with Gasteiger partial charge in [-0.1, -0.05) is 30.3 Å². The van der Waals surface area contributed by atoms with Gasteiger partial charge < -0.3 is 20.5 Å². The molecule has 0 aliphatic carbocycles. The monoisotopic (exact) mass is 362 g/mol. The van der Waals surface area contributed by atoms with Crippen LogP contribution in [0.4, 0.5) is 5.69 Å². The number of benzene rings is 1. The van der Waals surface area contributed by atoms with Crippen LogP contribution >= 0.6 is 11.3 Å². The van der Waals surface area contributed by atoms with Crippen molar-refractivity contribution >= 4 is 34.8 Å². The van der Waals surface area contributed by atoms with E-state index in [0.29, 0.717) is 6.42 Å². The van der Waals surface area contributed by atoms with Crippen molar-refractivity contribution in [3.63, 3.8) is 0 Å². The number of aliphatic hydroxyl groups excluding tert-OH is 1. The fourth-order valence-electron chi connectivity index (χ4n) is 2.15. The van der Waals surface area contributed by atoms with E-state index in [9.17, 15) is 19.5 Å². The summed E-state index contributed by atoms with van der Waals surface area (Å²) in [7, 11) is 1.23. The number of hydrogen-bond acceptors (Lipinski definition) is 6. The van der Waals surface area contributed by atoms with Crippen LogP contribution in [0, 0.1) is 0 Å².